The predicted octanol–water partition coefficient (Wildman–Crippen LogP) is 21.8. The van der Waals surface area contributed by atoms with E-state index in [0.29, 0.717) is 19.3 Å². The Morgan fingerprint density at radius 2 is 0.513 bits per heavy atom. The van der Waals surface area contributed by atoms with Gasteiger partial charge in [-0.2, -0.15) is 0 Å². The van der Waals surface area contributed by atoms with Gasteiger partial charge in [-0.15, -0.1) is 0 Å². The van der Waals surface area contributed by atoms with Gasteiger partial charge in [0.2, 0.25) is 0 Å². The van der Waals surface area contributed by atoms with Crippen LogP contribution in [0.1, 0.15) is 297 Å². The van der Waals surface area contributed by atoms with Crippen molar-refractivity contribution < 1.29 is 28.6 Å². The summed E-state index contributed by atoms with van der Waals surface area (Å²) in [5, 5.41) is 0. The largest absolute Gasteiger partial charge is 0.462 e. The summed E-state index contributed by atoms with van der Waals surface area (Å²) >= 11 is 0. The molecule has 0 aromatic heterocycles. The fourth-order valence-electron chi connectivity index (χ4n) is 8.81. The SMILES string of the molecule is CC/C=C\C/C=C\C/C=C\C/C=C\C/C=C\CCCCCCCCCC(=O)OCC(COC(=O)CCCCCCCCCCCCCC)OC(=O)CCCCCCCCCCCC/C=C\C/C=C\C/C=C\C/C=C\CC. The van der Waals surface area contributed by atoms with Crippen molar-refractivity contribution in [3.05, 3.63) is 109 Å². The number of ether oxygens (including phenoxy) is 3. The number of carbonyl (C=O) groups is 3. The second kappa shape index (κ2) is 63.6. The molecule has 76 heavy (non-hydrogen) atoms. The van der Waals surface area contributed by atoms with Gasteiger partial charge in [-0.05, 0) is 103 Å². The zero-order valence-corrected chi connectivity index (χ0v) is 49.7. The average Bonchev–Trinajstić information content (AvgIpc) is 3.42. The monoisotopic (exact) mass is 1050 g/mol. The van der Waals surface area contributed by atoms with E-state index in [4.69, 9.17) is 14.2 Å². The minimum absolute atomic E-state index is 0.0817. The summed E-state index contributed by atoms with van der Waals surface area (Å²) in [6.45, 7) is 6.42. The molecule has 0 bridgehead atoms. The quantitative estimate of drug-likeness (QED) is 0.0261. The molecule has 0 aliphatic carbocycles. The van der Waals surface area contributed by atoms with Crippen LogP contribution in [0.3, 0.4) is 0 Å². The van der Waals surface area contributed by atoms with E-state index >= 15 is 0 Å². The van der Waals surface area contributed by atoms with E-state index in [2.05, 4.69) is 130 Å². The maximum Gasteiger partial charge on any atom is 0.306 e. The lowest BCUT2D eigenvalue weighted by Gasteiger charge is -2.18. The number of esters is 3. The minimum Gasteiger partial charge on any atom is -0.462 e. The Bertz CT molecular complexity index is 1540. The summed E-state index contributed by atoms with van der Waals surface area (Å²) in [6.07, 6.45) is 86.6. The van der Waals surface area contributed by atoms with Crippen molar-refractivity contribution in [1.82, 2.24) is 0 Å². The lowest BCUT2D eigenvalue weighted by atomic mass is 10.0. The van der Waals surface area contributed by atoms with Gasteiger partial charge in [0.1, 0.15) is 13.2 Å². The second-order valence-electron chi connectivity index (χ2n) is 20.9. The lowest BCUT2D eigenvalue weighted by molar-refractivity contribution is -0.167. The highest BCUT2D eigenvalue weighted by atomic mass is 16.6. The van der Waals surface area contributed by atoms with Crippen LogP contribution in [0.25, 0.3) is 0 Å². The van der Waals surface area contributed by atoms with Crippen molar-refractivity contribution in [2.75, 3.05) is 13.2 Å². The van der Waals surface area contributed by atoms with Crippen LogP contribution in [-0.4, -0.2) is 37.2 Å². The molecule has 0 saturated heterocycles. The van der Waals surface area contributed by atoms with Crippen LogP contribution in [0, 0.1) is 0 Å². The Morgan fingerprint density at radius 1 is 0.276 bits per heavy atom. The summed E-state index contributed by atoms with van der Waals surface area (Å²) in [5.74, 6) is -0.889. The number of rotatable bonds is 57. The summed E-state index contributed by atoms with van der Waals surface area (Å²) in [5.41, 5.74) is 0. The Balaban J connectivity index is 4.35. The first-order chi connectivity index (χ1) is 37.5. The third-order valence-electron chi connectivity index (χ3n) is 13.5. The van der Waals surface area contributed by atoms with Crippen molar-refractivity contribution in [2.24, 2.45) is 0 Å². The van der Waals surface area contributed by atoms with Crippen molar-refractivity contribution in [3.63, 3.8) is 0 Å². The molecule has 434 valence electrons. The molecule has 0 N–H and O–H groups in total. The van der Waals surface area contributed by atoms with E-state index in [1.807, 2.05) is 0 Å². The van der Waals surface area contributed by atoms with Gasteiger partial charge in [0.05, 0.1) is 0 Å². The first-order valence-electron chi connectivity index (χ1n) is 31.9. The molecule has 0 aliphatic heterocycles. The number of allylic oxidation sites excluding steroid dienone is 18. The van der Waals surface area contributed by atoms with Crippen LogP contribution in [0.2, 0.25) is 0 Å². The minimum atomic E-state index is -0.786. The Labute approximate surface area is 470 Å². The van der Waals surface area contributed by atoms with Crippen molar-refractivity contribution in [2.45, 2.75) is 303 Å². The topological polar surface area (TPSA) is 78.9 Å². The van der Waals surface area contributed by atoms with Crippen LogP contribution in [-0.2, 0) is 28.6 Å². The van der Waals surface area contributed by atoms with Crippen LogP contribution in [0.5, 0.6) is 0 Å². The smallest absolute Gasteiger partial charge is 0.306 e. The maximum absolute atomic E-state index is 12.9. The van der Waals surface area contributed by atoms with Gasteiger partial charge in [0.15, 0.2) is 6.10 Å². The third-order valence-corrected chi connectivity index (χ3v) is 13.5. The Morgan fingerprint density at radius 3 is 0.803 bits per heavy atom. The fraction of sp³-hybridized carbons (Fsp3) is 0.700. The van der Waals surface area contributed by atoms with Crippen LogP contribution in [0.4, 0.5) is 0 Å². The van der Waals surface area contributed by atoms with Crippen LogP contribution >= 0.6 is 0 Å². The Kier molecular flexibility index (Phi) is 60.3. The standard InChI is InChI=1S/C70H118O6/c1-4-7-10-13-16-19-22-25-27-29-31-33-35-37-39-41-43-45-48-51-54-57-60-63-69(72)75-66-67(65-74-68(71)62-59-56-53-50-47-24-21-18-15-12-9-6-3)76-70(73)64-61-58-55-52-49-46-44-42-40-38-36-34-32-30-28-26-23-20-17-14-11-8-5-2/h7-8,10-11,16-17,19-20,25-28,31-34,37,39,67H,4-6,9,12-15,18,21-24,29-30,35-36,38,40-66H2,1-3H3/b10-7-,11-8-,19-16-,20-17-,27-25-,28-26-,33-31-,34-32-,39-37-. The molecule has 0 fully saturated rings. The molecule has 0 aromatic rings. The molecule has 1 unspecified atom stereocenters. The van der Waals surface area contributed by atoms with Gasteiger partial charge >= 0.3 is 17.9 Å². The Hall–Kier alpha value is -3.93. The molecule has 1 atom stereocenters. The van der Waals surface area contributed by atoms with Gasteiger partial charge in [-0.1, -0.05) is 284 Å². The van der Waals surface area contributed by atoms with E-state index in [0.717, 1.165) is 122 Å². The number of carbonyl (C=O) groups excluding carboxylic acids is 3. The van der Waals surface area contributed by atoms with Crippen LogP contribution < -0.4 is 0 Å². The highest BCUT2D eigenvalue weighted by Gasteiger charge is 2.19. The molecule has 0 heterocycles. The normalized spacial score (nSPS) is 12.8. The van der Waals surface area contributed by atoms with Crippen molar-refractivity contribution in [1.29, 1.82) is 0 Å². The lowest BCUT2D eigenvalue weighted by Crippen LogP contribution is -2.30. The first-order valence-corrected chi connectivity index (χ1v) is 31.9. The third kappa shape index (κ3) is 60.9. The molecule has 0 aromatic carbocycles. The van der Waals surface area contributed by atoms with Gasteiger partial charge in [-0.25, -0.2) is 0 Å². The summed E-state index contributed by atoms with van der Waals surface area (Å²) < 4.78 is 16.9. The number of unbranched alkanes of at least 4 members (excludes halogenated alkanes) is 28. The first kappa shape index (κ1) is 72.1. The molecule has 0 radical (unpaired) electrons. The van der Waals surface area contributed by atoms with E-state index in [9.17, 15) is 14.4 Å². The van der Waals surface area contributed by atoms with E-state index in [1.54, 1.807) is 0 Å². The maximum atomic E-state index is 12.9. The van der Waals surface area contributed by atoms with E-state index in [-0.39, 0.29) is 31.1 Å². The van der Waals surface area contributed by atoms with Crippen molar-refractivity contribution >= 4 is 17.9 Å². The molecule has 0 rings (SSSR count). The summed E-state index contributed by atoms with van der Waals surface area (Å²) in [4.78, 5) is 38.3. The molecule has 0 amide bonds. The molecule has 6 heteroatoms. The molecular weight excluding hydrogens is 937 g/mol. The zero-order chi connectivity index (χ0) is 55.0. The number of hydrogen-bond donors (Lipinski definition) is 0. The van der Waals surface area contributed by atoms with Gasteiger partial charge in [0, 0.05) is 19.3 Å². The van der Waals surface area contributed by atoms with Gasteiger partial charge in [-0.3, -0.25) is 14.4 Å². The molecular formula is C70H118O6. The molecule has 6 nitrogen and oxygen atoms in total. The molecule has 0 aliphatic rings. The predicted molar refractivity (Wildman–Crippen MR) is 330 cm³/mol. The van der Waals surface area contributed by atoms with Crippen molar-refractivity contribution in [3.8, 4) is 0 Å². The van der Waals surface area contributed by atoms with Crippen LogP contribution in [0.15, 0.2) is 109 Å². The van der Waals surface area contributed by atoms with E-state index < -0.39 is 6.10 Å². The highest BCUT2D eigenvalue weighted by Crippen LogP contribution is 2.16. The molecule has 0 spiro atoms. The summed E-state index contributed by atoms with van der Waals surface area (Å²) in [7, 11) is 0. The fourth-order valence-corrected chi connectivity index (χ4v) is 8.81. The van der Waals surface area contributed by atoms with Gasteiger partial charge in [0.25, 0.3) is 0 Å². The molecule has 0 saturated carbocycles. The highest BCUT2D eigenvalue weighted by molar-refractivity contribution is 5.71. The van der Waals surface area contributed by atoms with E-state index in [1.165, 1.54) is 135 Å². The van der Waals surface area contributed by atoms with Gasteiger partial charge < -0.3 is 14.2 Å². The zero-order valence-electron chi connectivity index (χ0n) is 49.7. The second-order valence-corrected chi connectivity index (χ2v) is 20.9. The summed E-state index contributed by atoms with van der Waals surface area (Å²) in [6, 6.07) is 0. The average molecular weight is 1060 g/mol. The number of hydrogen-bond acceptors (Lipinski definition) is 6.